The highest BCUT2D eigenvalue weighted by molar-refractivity contribution is 5.27. The van der Waals surface area contributed by atoms with Crippen molar-refractivity contribution < 1.29 is 19.7 Å². The molecule has 5 N–H and O–H groups in total. The van der Waals surface area contributed by atoms with Crippen LogP contribution in [0.15, 0.2) is 54.6 Å². The molecular weight excluding hydrogens is 380 g/mol. The smallest absolute Gasteiger partial charge is 0.119 e. The zero-order valence-electron chi connectivity index (χ0n) is 18.6. The monoisotopic (exact) mass is 418 g/mol. The lowest BCUT2D eigenvalue weighted by atomic mass is 10.0. The number of nitrogens with one attached hydrogen (secondary N) is 1. The Hall–Kier alpha value is -1.96. The molecule has 0 saturated carbocycles. The van der Waals surface area contributed by atoms with E-state index < -0.39 is 12.2 Å². The first-order valence-electron chi connectivity index (χ1n) is 10.4. The fraction of sp³-hybridized carbons (Fsp3) is 0.500. The van der Waals surface area contributed by atoms with Crippen molar-refractivity contribution in [1.29, 1.82) is 0 Å². The number of benzene rings is 2. The zero-order valence-corrected chi connectivity index (χ0v) is 18.6. The normalized spacial score (nSPS) is 13.9. The van der Waals surface area contributed by atoms with Crippen LogP contribution < -0.4 is 15.8 Å². The lowest BCUT2D eigenvalue weighted by Gasteiger charge is -2.15. The van der Waals surface area contributed by atoms with Crippen LogP contribution in [0, 0.1) is 0 Å². The lowest BCUT2D eigenvalue weighted by Crippen LogP contribution is -2.35. The molecule has 0 fully saturated rings. The van der Waals surface area contributed by atoms with Crippen molar-refractivity contribution in [2.75, 3.05) is 26.9 Å². The third-order valence-electron chi connectivity index (χ3n) is 4.36. The Morgan fingerprint density at radius 3 is 2.13 bits per heavy atom. The number of aliphatic hydroxyl groups is 2. The third kappa shape index (κ3) is 11.3. The van der Waals surface area contributed by atoms with E-state index in [1.807, 2.05) is 68.4 Å². The molecule has 0 spiro atoms. The maximum Gasteiger partial charge on any atom is 0.119 e. The number of aliphatic hydroxyl groups excluding tert-OH is 2. The molecule has 0 aliphatic rings. The summed E-state index contributed by atoms with van der Waals surface area (Å²) < 4.78 is 10.6. The van der Waals surface area contributed by atoms with Gasteiger partial charge in [0.1, 0.15) is 18.5 Å². The van der Waals surface area contributed by atoms with E-state index in [9.17, 15) is 10.2 Å². The minimum Gasteiger partial charge on any atom is -0.491 e. The average molecular weight is 419 g/mol. The van der Waals surface area contributed by atoms with Crippen LogP contribution in [0.4, 0.5) is 0 Å². The Morgan fingerprint density at radius 1 is 0.967 bits per heavy atom. The van der Waals surface area contributed by atoms with Gasteiger partial charge in [-0.25, -0.2) is 0 Å². The molecule has 2 aromatic carbocycles. The first-order valence-corrected chi connectivity index (χ1v) is 10.4. The van der Waals surface area contributed by atoms with Gasteiger partial charge in [-0.15, -0.1) is 0 Å². The van der Waals surface area contributed by atoms with E-state index in [-0.39, 0.29) is 6.04 Å². The number of hydrogen-bond donors (Lipinski definition) is 4. The molecule has 6 heteroatoms. The van der Waals surface area contributed by atoms with Crippen LogP contribution in [-0.4, -0.2) is 55.3 Å². The largest absolute Gasteiger partial charge is 0.491 e. The van der Waals surface area contributed by atoms with Crippen LogP contribution in [0.3, 0.4) is 0 Å². The van der Waals surface area contributed by atoms with Gasteiger partial charge in [0.15, 0.2) is 0 Å². The summed E-state index contributed by atoms with van der Waals surface area (Å²) in [5, 5.41) is 22.4. The Kier molecular flexibility index (Phi) is 13.0. The van der Waals surface area contributed by atoms with Crippen molar-refractivity contribution in [3.05, 3.63) is 65.7 Å². The molecule has 0 aliphatic heterocycles. The van der Waals surface area contributed by atoms with Gasteiger partial charge in [0, 0.05) is 25.7 Å². The van der Waals surface area contributed by atoms with E-state index in [4.69, 9.17) is 15.2 Å². The van der Waals surface area contributed by atoms with Crippen LogP contribution in [0.1, 0.15) is 38.0 Å². The van der Waals surface area contributed by atoms with Crippen molar-refractivity contribution in [3.63, 3.8) is 0 Å². The first-order chi connectivity index (χ1) is 14.3. The second-order valence-electron chi connectivity index (χ2n) is 7.63. The summed E-state index contributed by atoms with van der Waals surface area (Å²) in [6.45, 7) is 7.46. The SMILES string of the molecule is COCCc1ccc(OCC(O)CNC(C)C)cc1.C[C@@H](N)[C@@H](O)c1ccccc1. The summed E-state index contributed by atoms with van der Waals surface area (Å²) in [7, 11) is 1.70. The van der Waals surface area contributed by atoms with Crippen LogP contribution in [0.2, 0.25) is 0 Å². The second-order valence-corrected chi connectivity index (χ2v) is 7.63. The highest BCUT2D eigenvalue weighted by Crippen LogP contribution is 2.14. The van der Waals surface area contributed by atoms with E-state index in [1.165, 1.54) is 5.56 Å². The van der Waals surface area contributed by atoms with Gasteiger partial charge in [-0.2, -0.15) is 0 Å². The second kappa shape index (κ2) is 14.9. The van der Waals surface area contributed by atoms with E-state index in [2.05, 4.69) is 5.32 Å². The number of methoxy groups -OCH3 is 1. The van der Waals surface area contributed by atoms with Gasteiger partial charge in [-0.3, -0.25) is 0 Å². The maximum atomic E-state index is 9.73. The van der Waals surface area contributed by atoms with Crippen LogP contribution >= 0.6 is 0 Å². The summed E-state index contributed by atoms with van der Waals surface area (Å²) in [6.07, 6.45) is -0.135. The van der Waals surface area contributed by atoms with Gasteiger partial charge in [0.05, 0.1) is 12.7 Å². The average Bonchev–Trinajstić information content (AvgIpc) is 2.76. The topological polar surface area (TPSA) is 97.0 Å². The third-order valence-corrected chi connectivity index (χ3v) is 4.36. The van der Waals surface area contributed by atoms with Gasteiger partial charge in [-0.1, -0.05) is 56.3 Å². The van der Waals surface area contributed by atoms with Crippen molar-refractivity contribution in [2.45, 2.75) is 51.5 Å². The highest BCUT2D eigenvalue weighted by atomic mass is 16.5. The van der Waals surface area contributed by atoms with Gasteiger partial charge in [-0.05, 0) is 36.6 Å². The lowest BCUT2D eigenvalue weighted by molar-refractivity contribution is 0.104. The minimum absolute atomic E-state index is 0.211. The van der Waals surface area contributed by atoms with Gasteiger partial charge in [0.2, 0.25) is 0 Å². The molecule has 0 amide bonds. The molecule has 0 radical (unpaired) electrons. The zero-order chi connectivity index (χ0) is 22.4. The minimum atomic E-state index is -0.545. The highest BCUT2D eigenvalue weighted by Gasteiger charge is 2.10. The summed E-state index contributed by atoms with van der Waals surface area (Å²) >= 11 is 0. The molecule has 30 heavy (non-hydrogen) atoms. The molecule has 0 saturated heterocycles. The molecule has 1 unspecified atom stereocenters. The Balaban J connectivity index is 0.000000346. The van der Waals surface area contributed by atoms with E-state index >= 15 is 0 Å². The number of nitrogens with two attached hydrogens (primary N) is 1. The quantitative estimate of drug-likeness (QED) is 0.448. The summed E-state index contributed by atoms with van der Waals surface area (Å²) in [5.41, 5.74) is 7.61. The molecular formula is C24H38N2O4. The van der Waals surface area contributed by atoms with Crippen molar-refractivity contribution in [2.24, 2.45) is 5.73 Å². The summed E-state index contributed by atoms with van der Waals surface area (Å²) in [5.74, 6) is 0.782. The van der Waals surface area contributed by atoms with Crippen LogP contribution in [0.5, 0.6) is 5.75 Å². The fourth-order valence-corrected chi connectivity index (χ4v) is 2.55. The van der Waals surface area contributed by atoms with Gasteiger partial charge < -0.3 is 30.7 Å². The summed E-state index contributed by atoms with van der Waals surface area (Å²) in [6, 6.07) is 17.5. The first kappa shape index (κ1) is 26.1. The molecule has 6 nitrogen and oxygen atoms in total. The molecule has 2 rings (SSSR count). The fourth-order valence-electron chi connectivity index (χ4n) is 2.55. The van der Waals surface area contributed by atoms with Crippen LogP contribution in [-0.2, 0) is 11.2 Å². The number of ether oxygens (including phenoxy) is 2. The maximum absolute atomic E-state index is 9.73. The van der Waals surface area contributed by atoms with Crippen molar-refractivity contribution in [1.82, 2.24) is 5.32 Å². The Labute approximate surface area is 181 Å². The Morgan fingerprint density at radius 2 is 1.60 bits per heavy atom. The van der Waals surface area contributed by atoms with Crippen molar-refractivity contribution >= 4 is 0 Å². The van der Waals surface area contributed by atoms with Crippen LogP contribution in [0.25, 0.3) is 0 Å². The van der Waals surface area contributed by atoms with Gasteiger partial charge >= 0.3 is 0 Å². The molecule has 0 aliphatic carbocycles. The van der Waals surface area contributed by atoms with Gasteiger partial charge in [0.25, 0.3) is 0 Å². The Bertz CT molecular complexity index is 663. The van der Waals surface area contributed by atoms with E-state index in [1.54, 1.807) is 14.0 Å². The van der Waals surface area contributed by atoms with E-state index in [0.29, 0.717) is 19.2 Å². The predicted molar refractivity (Wildman–Crippen MR) is 122 cm³/mol. The molecule has 0 aromatic heterocycles. The number of hydrogen-bond acceptors (Lipinski definition) is 6. The van der Waals surface area contributed by atoms with Crippen molar-refractivity contribution in [3.8, 4) is 5.75 Å². The van der Waals surface area contributed by atoms with E-state index in [0.717, 1.165) is 24.3 Å². The standard InChI is InChI=1S/C15H25NO3.C9H13NO/c1-12(2)16-10-14(17)11-19-15-6-4-13(5-7-15)8-9-18-3;1-7(10)9(11)8-5-3-2-4-6-8/h4-7,12,14,16-17H,8-11H2,1-3H3;2-7,9,11H,10H2,1H3/t;7-,9-/m.1/s1. The number of rotatable bonds is 11. The predicted octanol–water partition coefficient (Wildman–Crippen LogP) is 2.68. The molecule has 0 heterocycles. The molecule has 3 atom stereocenters. The molecule has 2 aromatic rings. The molecule has 0 bridgehead atoms. The molecule has 168 valence electrons. The summed E-state index contributed by atoms with van der Waals surface area (Å²) in [4.78, 5) is 0.